The predicted octanol–water partition coefficient (Wildman–Crippen LogP) is 0.351. The van der Waals surface area contributed by atoms with E-state index in [1.54, 1.807) is 0 Å². The van der Waals surface area contributed by atoms with Crippen molar-refractivity contribution < 1.29 is 14.4 Å². The van der Waals surface area contributed by atoms with Crippen LogP contribution >= 0.6 is 0 Å². The zero-order chi connectivity index (χ0) is 10.4. The first kappa shape index (κ1) is 11.3. The molecule has 0 aliphatic carbocycles. The molecule has 1 amide bonds. The highest BCUT2D eigenvalue weighted by Crippen LogP contribution is 1.95. The van der Waals surface area contributed by atoms with Crippen molar-refractivity contribution in [3.05, 3.63) is 24.4 Å². The molecule has 0 aromatic heterocycles. The van der Waals surface area contributed by atoms with Crippen molar-refractivity contribution in [1.29, 1.82) is 0 Å². The Labute approximate surface area is 76.3 Å². The Morgan fingerprint density at radius 1 is 1.15 bits per heavy atom. The third kappa shape index (κ3) is 4.00. The molecular formula is C9H11NO3. The van der Waals surface area contributed by atoms with Crippen molar-refractivity contribution in [2.24, 2.45) is 0 Å². The molecule has 0 aromatic carbocycles. The summed E-state index contributed by atoms with van der Waals surface area (Å²) >= 11 is 0. The van der Waals surface area contributed by atoms with Crippen LogP contribution in [0.5, 0.6) is 0 Å². The Hall–Kier alpha value is -1.71. The fourth-order valence-corrected chi connectivity index (χ4v) is 0.653. The molecule has 0 heterocycles. The lowest BCUT2D eigenvalue weighted by Gasteiger charge is -1.98. The highest BCUT2D eigenvalue weighted by molar-refractivity contribution is 6.18. The smallest absolute Gasteiger partial charge is 0.247 e. The van der Waals surface area contributed by atoms with Crippen LogP contribution in [0.1, 0.15) is 13.8 Å². The summed E-state index contributed by atoms with van der Waals surface area (Å²) in [5, 5.41) is 2.23. The van der Waals surface area contributed by atoms with Gasteiger partial charge in [0.2, 0.25) is 5.91 Å². The molecular weight excluding hydrogens is 170 g/mol. The van der Waals surface area contributed by atoms with Gasteiger partial charge in [0.15, 0.2) is 11.6 Å². The van der Waals surface area contributed by atoms with Crippen LogP contribution in [-0.4, -0.2) is 17.5 Å². The summed E-state index contributed by atoms with van der Waals surface area (Å²) < 4.78 is 0. The zero-order valence-corrected chi connectivity index (χ0v) is 7.59. The first-order valence-electron chi connectivity index (χ1n) is 3.64. The van der Waals surface area contributed by atoms with E-state index >= 15 is 0 Å². The number of carbonyl (C=O) groups excluding carboxylic acids is 3. The molecule has 1 N–H and O–H groups in total. The lowest BCUT2D eigenvalue weighted by molar-refractivity contribution is -0.119. The Morgan fingerprint density at radius 3 is 1.92 bits per heavy atom. The minimum Gasteiger partial charge on any atom is -0.328 e. The third-order valence-corrected chi connectivity index (χ3v) is 1.30. The van der Waals surface area contributed by atoms with Gasteiger partial charge in [-0.2, -0.15) is 0 Å². The van der Waals surface area contributed by atoms with Gasteiger partial charge in [0.25, 0.3) is 0 Å². The fourth-order valence-electron chi connectivity index (χ4n) is 0.653. The van der Waals surface area contributed by atoms with Crippen molar-refractivity contribution in [2.45, 2.75) is 13.8 Å². The average molecular weight is 181 g/mol. The molecule has 0 saturated heterocycles. The second-order valence-electron chi connectivity index (χ2n) is 2.38. The van der Waals surface area contributed by atoms with Gasteiger partial charge in [-0.1, -0.05) is 6.58 Å². The molecule has 0 radical (unpaired) electrons. The molecule has 13 heavy (non-hydrogen) atoms. The second-order valence-corrected chi connectivity index (χ2v) is 2.38. The number of allylic oxidation sites excluding steroid dienone is 1. The molecule has 0 bridgehead atoms. The summed E-state index contributed by atoms with van der Waals surface area (Å²) in [7, 11) is 0. The van der Waals surface area contributed by atoms with Gasteiger partial charge in [-0.25, -0.2) is 0 Å². The summed E-state index contributed by atoms with van der Waals surface area (Å²) in [6.45, 7) is 5.73. The van der Waals surface area contributed by atoms with E-state index in [4.69, 9.17) is 0 Å². The molecule has 0 saturated carbocycles. The van der Waals surface area contributed by atoms with Gasteiger partial charge in [0.05, 0.1) is 5.57 Å². The monoisotopic (exact) mass is 181 g/mol. The molecule has 70 valence electrons. The standard InChI is InChI=1S/C9H11NO3/c1-4-9(13)10-5-8(6(2)11)7(3)12/h4-5H,1H2,2-3H3,(H,10,13). The van der Waals surface area contributed by atoms with Crippen molar-refractivity contribution in [1.82, 2.24) is 5.32 Å². The summed E-state index contributed by atoms with van der Waals surface area (Å²) in [5.41, 5.74) is -0.0322. The van der Waals surface area contributed by atoms with Gasteiger partial charge in [-0.3, -0.25) is 14.4 Å². The topological polar surface area (TPSA) is 63.2 Å². The Kier molecular flexibility index (Phi) is 4.37. The van der Waals surface area contributed by atoms with E-state index in [1.807, 2.05) is 0 Å². The molecule has 4 heteroatoms. The summed E-state index contributed by atoms with van der Waals surface area (Å²) in [6.07, 6.45) is 2.14. The van der Waals surface area contributed by atoms with Crippen molar-refractivity contribution in [3.8, 4) is 0 Å². The first-order valence-corrected chi connectivity index (χ1v) is 3.64. The van der Waals surface area contributed by atoms with Gasteiger partial charge < -0.3 is 5.32 Å². The second kappa shape index (κ2) is 5.03. The van der Waals surface area contributed by atoms with Crippen LogP contribution < -0.4 is 5.32 Å². The van der Waals surface area contributed by atoms with Gasteiger partial charge in [0, 0.05) is 6.20 Å². The van der Waals surface area contributed by atoms with Crippen LogP contribution in [0.4, 0.5) is 0 Å². The van der Waals surface area contributed by atoms with Crippen molar-refractivity contribution in [2.75, 3.05) is 0 Å². The lowest BCUT2D eigenvalue weighted by Crippen LogP contribution is -2.18. The van der Waals surface area contributed by atoms with E-state index in [1.165, 1.54) is 13.8 Å². The number of carbonyl (C=O) groups is 3. The summed E-state index contributed by atoms with van der Waals surface area (Å²) in [6, 6.07) is 0. The summed E-state index contributed by atoms with van der Waals surface area (Å²) in [5.74, 6) is -1.21. The molecule has 0 spiro atoms. The van der Waals surface area contributed by atoms with Crippen LogP contribution in [0.15, 0.2) is 24.4 Å². The largest absolute Gasteiger partial charge is 0.328 e. The van der Waals surface area contributed by atoms with Gasteiger partial charge in [0.1, 0.15) is 0 Å². The summed E-state index contributed by atoms with van der Waals surface area (Å²) in [4.78, 5) is 32.3. The maximum absolute atomic E-state index is 10.8. The van der Waals surface area contributed by atoms with Gasteiger partial charge in [-0.15, -0.1) is 0 Å². The first-order chi connectivity index (χ1) is 5.99. The molecule has 0 aromatic rings. The van der Waals surface area contributed by atoms with E-state index in [2.05, 4.69) is 11.9 Å². The van der Waals surface area contributed by atoms with E-state index in [-0.39, 0.29) is 17.1 Å². The van der Waals surface area contributed by atoms with Crippen LogP contribution in [0.25, 0.3) is 0 Å². The molecule has 0 rings (SSSR count). The van der Waals surface area contributed by atoms with Gasteiger partial charge in [-0.05, 0) is 19.9 Å². The average Bonchev–Trinajstić information content (AvgIpc) is 2.03. The number of Topliss-reactive ketones (excluding diaryl/α,β-unsaturated/α-hetero) is 2. The molecule has 0 atom stereocenters. The number of amides is 1. The quantitative estimate of drug-likeness (QED) is 0.386. The number of ketones is 2. The minimum absolute atomic E-state index is 0.0322. The highest BCUT2D eigenvalue weighted by Gasteiger charge is 2.08. The van der Waals surface area contributed by atoms with Crippen LogP contribution in [-0.2, 0) is 14.4 Å². The third-order valence-electron chi connectivity index (χ3n) is 1.30. The Balaban J connectivity index is 4.56. The molecule has 4 nitrogen and oxygen atoms in total. The van der Waals surface area contributed by atoms with E-state index in [0.717, 1.165) is 12.3 Å². The van der Waals surface area contributed by atoms with Crippen molar-refractivity contribution >= 4 is 17.5 Å². The molecule has 0 unspecified atom stereocenters. The zero-order valence-electron chi connectivity index (χ0n) is 7.59. The van der Waals surface area contributed by atoms with Crippen LogP contribution in [0.3, 0.4) is 0 Å². The van der Waals surface area contributed by atoms with Crippen molar-refractivity contribution in [3.63, 3.8) is 0 Å². The molecule has 0 aliphatic rings. The normalized spacial score (nSPS) is 8.46. The van der Waals surface area contributed by atoms with E-state index < -0.39 is 5.91 Å². The van der Waals surface area contributed by atoms with Crippen LogP contribution in [0, 0.1) is 0 Å². The Morgan fingerprint density at radius 2 is 1.62 bits per heavy atom. The van der Waals surface area contributed by atoms with E-state index in [9.17, 15) is 14.4 Å². The van der Waals surface area contributed by atoms with Gasteiger partial charge >= 0.3 is 0 Å². The highest BCUT2D eigenvalue weighted by atomic mass is 16.2. The minimum atomic E-state index is -0.458. The maximum atomic E-state index is 10.8. The SMILES string of the molecule is C=CC(=O)NC=C(C(C)=O)C(C)=O. The maximum Gasteiger partial charge on any atom is 0.247 e. The van der Waals surface area contributed by atoms with E-state index in [0.29, 0.717) is 0 Å². The lowest BCUT2D eigenvalue weighted by atomic mass is 10.1. The predicted molar refractivity (Wildman–Crippen MR) is 47.8 cm³/mol. The number of nitrogens with one attached hydrogen (secondary N) is 1. The number of rotatable bonds is 4. The fraction of sp³-hybridized carbons (Fsp3) is 0.222. The number of hydrogen-bond donors (Lipinski definition) is 1. The van der Waals surface area contributed by atoms with Crippen LogP contribution in [0.2, 0.25) is 0 Å². The molecule has 0 fully saturated rings. The Bertz CT molecular complexity index is 273. The molecule has 0 aliphatic heterocycles. The number of hydrogen-bond acceptors (Lipinski definition) is 3.